The lowest BCUT2D eigenvalue weighted by atomic mass is 10.5. The zero-order valence-corrected chi connectivity index (χ0v) is 6.85. The maximum atomic E-state index is 5.47. The molecule has 0 saturated carbocycles. The molecule has 0 saturated heterocycles. The molecule has 0 aromatic rings. The molecule has 0 unspecified atom stereocenters. The summed E-state index contributed by atoms with van der Waals surface area (Å²) in [5, 5.41) is 0. The van der Waals surface area contributed by atoms with Gasteiger partial charge >= 0.3 is 0 Å². The number of halogens is 1. The van der Waals surface area contributed by atoms with Gasteiger partial charge in [0.05, 0.1) is 0 Å². The van der Waals surface area contributed by atoms with Gasteiger partial charge in [0, 0.05) is 0 Å². The van der Waals surface area contributed by atoms with Crippen LogP contribution in [0.2, 0.25) is 0 Å². The third kappa shape index (κ3) is 5.73. The fraction of sp³-hybridized carbons (Fsp3) is 0. The van der Waals surface area contributed by atoms with Gasteiger partial charge in [-0.25, -0.2) is 0 Å². The Kier molecular flexibility index (Phi) is 6.50. The highest BCUT2D eigenvalue weighted by atomic mass is 35.6. The first kappa shape index (κ1) is 7.73. The molecule has 44 valence electrons. The molecule has 0 fully saturated rings. The highest BCUT2D eigenvalue weighted by Gasteiger charge is 1.62. The van der Waals surface area contributed by atoms with E-state index in [9.17, 15) is 0 Å². The van der Waals surface area contributed by atoms with Crippen molar-refractivity contribution < 1.29 is 0 Å². The molecule has 0 heterocycles. The third-order valence-corrected chi connectivity index (χ3v) is 1.57. The maximum Gasteiger partial charge on any atom is 0.148 e. The van der Waals surface area contributed by atoms with E-state index in [1.807, 2.05) is 23.9 Å². The van der Waals surface area contributed by atoms with Crippen molar-refractivity contribution in [3.05, 3.63) is 36.6 Å². The van der Waals surface area contributed by atoms with Crippen molar-refractivity contribution in [2.24, 2.45) is 0 Å². The Morgan fingerprint density at radius 3 is 2.50 bits per heavy atom. The molecule has 0 atom stereocenters. The van der Waals surface area contributed by atoms with Crippen LogP contribution in [0, 0.1) is 0 Å². The first-order valence-corrected chi connectivity index (χ1v) is 5.37. The van der Waals surface area contributed by atoms with Crippen molar-refractivity contribution in [3.8, 4) is 0 Å². The zero-order chi connectivity index (χ0) is 6.24. The second-order valence-electron chi connectivity index (χ2n) is 1.20. The van der Waals surface area contributed by atoms with Gasteiger partial charge in [0.1, 0.15) is 8.83 Å². The lowest BCUT2D eigenvalue weighted by Gasteiger charge is -1.69. The van der Waals surface area contributed by atoms with E-state index in [0.29, 0.717) is 0 Å². The fourth-order valence-electron chi connectivity index (χ4n) is 0.273. The standard InChI is InChI=1S/C6H9ClSi/c1-2-3-4-5-6-8-7/h2-6H,1,8H2. The van der Waals surface area contributed by atoms with Gasteiger partial charge in [-0.15, -0.1) is 0 Å². The molecular formula is C6H9ClSi. The quantitative estimate of drug-likeness (QED) is 0.321. The van der Waals surface area contributed by atoms with Crippen LogP contribution in [0.1, 0.15) is 0 Å². The van der Waals surface area contributed by atoms with Crippen molar-refractivity contribution in [3.63, 3.8) is 0 Å². The Morgan fingerprint density at radius 1 is 1.25 bits per heavy atom. The summed E-state index contributed by atoms with van der Waals surface area (Å²) >= 11 is 5.47. The molecule has 0 radical (unpaired) electrons. The summed E-state index contributed by atoms with van der Waals surface area (Å²) in [6.07, 6.45) is 7.47. The van der Waals surface area contributed by atoms with Gasteiger partial charge in [-0.1, -0.05) is 36.6 Å². The molecule has 0 aliphatic rings. The molecule has 0 bridgehead atoms. The van der Waals surface area contributed by atoms with Gasteiger partial charge < -0.3 is 0 Å². The largest absolute Gasteiger partial charge is 0.171 e. The smallest absolute Gasteiger partial charge is 0.148 e. The third-order valence-electron chi connectivity index (χ3n) is 0.583. The predicted molar refractivity (Wildman–Crippen MR) is 42.9 cm³/mol. The van der Waals surface area contributed by atoms with Crippen molar-refractivity contribution in [2.75, 3.05) is 0 Å². The second kappa shape index (κ2) is 6.73. The summed E-state index contributed by atoms with van der Waals surface area (Å²) in [6.45, 7) is 3.52. The van der Waals surface area contributed by atoms with E-state index in [4.69, 9.17) is 11.1 Å². The Morgan fingerprint density at radius 2 is 2.00 bits per heavy atom. The van der Waals surface area contributed by atoms with Crippen LogP contribution in [0.25, 0.3) is 0 Å². The second-order valence-corrected chi connectivity index (χ2v) is 2.91. The van der Waals surface area contributed by atoms with Crippen molar-refractivity contribution >= 4 is 19.9 Å². The van der Waals surface area contributed by atoms with E-state index in [1.54, 1.807) is 6.08 Å². The minimum Gasteiger partial charge on any atom is -0.171 e. The summed E-state index contributed by atoms with van der Waals surface area (Å²) in [7, 11) is -0.408. The van der Waals surface area contributed by atoms with Gasteiger partial charge in [0.15, 0.2) is 0 Å². The van der Waals surface area contributed by atoms with Crippen LogP contribution >= 0.6 is 11.1 Å². The van der Waals surface area contributed by atoms with E-state index in [2.05, 4.69) is 6.58 Å². The summed E-state index contributed by atoms with van der Waals surface area (Å²) in [5.41, 5.74) is 2.00. The van der Waals surface area contributed by atoms with Crippen LogP contribution in [0.5, 0.6) is 0 Å². The zero-order valence-electron chi connectivity index (χ0n) is 4.68. The number of rotatable bonds is 3. The average molecular weight is 145 g/mol. The molecule has 0 amide bonds. The molecule has 0 spiro atoms. The predicted octanol–water partition coefficient (Wildman–Crippen LogP) is 1.56. The average Bonchev–Trinajstić information content (AvgIpc) is 1.81. The van der Waals surface area contributed by atoms with Gasteiger partial charge in [-0.05, 0) is 0 Å². The van der Waals surface area contributed by atoms with Crippen LogP contribution in [0.3, 0.4) is 0 Å². The molecule has 0 aromatic carbocycles. The van der Waals surface area contributed by atoms with E-state index in [1.165, 1.54) is 0 Å². The Balaban J connectivity index is 3.26. The molecule has 0 rings (SSSR count). The Hall–Kier alpha value is -0.273. The van der Waals surface area contributed by atoms with Crippen LogP contribution in [0.4, 0.5) is 0 Å². The normalized spacial score (nSPS) is 12.6. The SMILES string of the molecule is C=CC=CC=C[SiH2]Cl. The molecule has 8 heavy (non-hydrogen) atoms. The summed E-state index contributed by atoms with van der Waals surface area (Å²) in [6, 6.07) is 0. The molecule has 0 N–H and O–H groups in total. The van der Waals surface area contributed by atoms with Crippen LogP contribution in [0.15, 0.2) is 36.6 Å². The minimum atomic E-state index is -0.408. The van der Waals surface area contributed by atoms with Crippen LogP contribution < -0.4 is 0 Å². The van der Waals surface area contributed by atoms with E-state index in [0.717, 1.165) is 0 Å². The summed E-state index contributed by atoms with van der Waals surface area (Å²) < 4.78 is 0. The van der Waals surface area contributed by atoms with Crippen LogP contribution in [-0.2, 0) is 0 Å². The number of hydrogen-bond donors (Lipinski definition) is 0. The summed E-state index contributed by atoms with van der Waals surface area (Å²) in [4.78, 5) is 0. The first-order valence-electron chi connectivity index (χ1n) is 2.42. The number of allylic oxidation sites excluding steroid dienone is 4. The Labute approximate surface area is 57.1 Å². The van der Waals surface area contributed by atoms with Crippen molar-refractivity contribution in [1.82, 2.24) is 0 Å². The van der Waals surface area contributed by atoms with Crippen molar-refractivity contribution in [2.45, 2.75) is 0 Å². The minimum absolute atomic E-state index is 0.408. The molecule has 0 nitrogen and oxygen atoms in total. The first-order chi connectivity index (χ1) is 3.91. The Bertz CT molecular complexity index is 105. The lowest BCUT2D eigenvalue weighted by Crippen LogP contribution is -1.61. The van der Waals surface area contributed by atoms with Crippen molar-refractivity contribution in [1.29, 1.82) is 0 Å². The van der Waals surface area contributed by atoms with E-state index < -0.39 is 8.83 Å². The molecule has 0 aliphatic heterocycles. The van der Waals surface area contributed by atoms with E-state index in [-0.39, 0.29) is 0 Å². The van der Waals surface area contributed by atoms with Crippen LogP contribution in [-0.4, -0.2) is 8.83 Å². The summed E-state index contributed by atoms with van der Waals surface area (Å²) in [5.74, 6) is 0. The fourth-order valence-corrected chi connectivity index (χ4v) is 0.841. The van der Waals surface area contributed by atoms with Gasteiger partial charge in [-0.2, -0.15) is 11.1 Å². The molecule has 0 aromatic heterocycles. The highest BCUT2D eigenvalue weighted by Crippen LogP contribution is 1.77. The van der Waals surface area contributed by atoms with Gasteiger partial charge in [0.2, 0.25) is 0 Å². The van der Waals surface area contributed by atoms with Gasteiger partial charge in [-0.3, -0.25) is 0 Å². The molecule has 2 heteroatoms. The lowest BCUT2D eigenvalue weighted by molar-refractivity contribution is 1.97. The molecular weight excluding hydrogens is 136 g/mol. The monoisotopic (exact) mass is 144 g/mol. The highest BCUT2D eigenvalue weighted by molar-refractivity contribution is 6.96. The maximum absolute atomic E-state index is 5.47. The van der Waals surface area contributed by atoms with E-state index >= 15 is 0 Å². The molecule has 0 aliphatic carbocycles. The number of hydrogen-bond acceptors (Lipinski definition) is 0. The van der Waals surface area contributed by atoms with Gasteiger partial charge in [0.25, 0.3) is 0 Å². The topological polar surface area (TPSA) is 0 Å².